The van der Waals surface area contributed by atoms with Gasteiger partial charge in [0.15, 0.2) is 15.8 Å². The number of thioether (sulfide) groups is 1. The van der Waals surface area contributed by atoms with E-state index in [1.807, 2.05) is 30.3 Å². The first-order valence-corrected chi connectivity index (χ1v) is 10.4. The Labute approximate surface area is 178 Å². The Hall–Kier alpha value is -3.57. The molecule has 1 amide bonds. The van der Waals surface area contributed by atoms with Crippen molar-refractivity contribution in [1.29, 1.82) is 0 Å². The van der Waals surface area contributed by atoms with Crippen molar-refractivity contribution >= 4 is 39.8 Å². The summed E-state index contributed by atoms with van der Waals surface area (Å²) in [6, 6.07) is 17.2. The average molecular weight is 439 g/mol. The number of hydrogen-bond donors (Lipinski definition) is 1. The van der Waals surface area contributed by atoms with Gasteiger partial charge in [-0.25, -0.2) is 0 Å². The second-order valence-corrected chi connectivity index (χ2v) is 8.18. The van der Waals surface area contributed by atoms with Crippen LogP contribution in [-0.2, 0) is 5.75 Å². The molecule has 0 saturated carbocycles. The van der Waals surface area contributed by atoms with Crippen molar-refractivity contribution in [2.45, 2.75) is 10.1 Å². The van der Waals surface area contributed by atoms with Crippen molar-refractivity contribution in [2.75, 3.05) is 5.32 Å². The van der Waals surface area contributed by atoms with Gasteiger partial charge >= 0.3 is 0 Å². The third-order valence-corrected chi connectivity index (χ3v) is 5.98. The number of nitro benzene ring substituents is 1. The molecule has 4 rings (SSSR count). The lowest BCUT2D eigenvalue weighted by molar-refractivity contribution is -0.384. The molecule has 30 heavy (non-hydrogen) atoms. The van der Waals surface area contributed by atoms with Crippen LogP contribution in [0.25, 0.3) is 11.3 Å². The Morgan fingerprint density at radius 3 is 2.63 bits per heavy atom. The van der Waals surface area contributed by atoms with E-state index in [0.717, 1.165) is 11.1 Å². The summed E-state index contributed by atoms with van der Waals surface area (Å²) in [5.74, 6) is 0.631. The third kappa shape index (κ3) is 4.70. The lowest BCUT2D eigenvalue weighted by Gasteiger charge is -1.98. The molecule has 4 aromatic rings. The molecule has 0 aliphatic carbocycles. The Morgan fingerprint density at radius 1 is 1.13 bits per heavy atom. The highest BCUT2D eigenvalue weighted by molar-refractivity contribution is 8.00. The molecule has 11 heteroatoms. The number of rotatable bonds is 7. The van der Waals surface area contributed by atoms with Gasteiger partial charge in [0, 0.05) is 29.5 Å². The number of carbonyl (C=O) groups excluding carboxylic acids is 1. The van der Waals surface area contributed by atoms with Gasteiger partial charge in [0.1, 0.15) is 0 Å². The number of non-ortho nitro benzene ring substituents is 1. The highest BCUT2D eigenvalue weighted by Crippen LogP contribution is 2.29. The maximum atomic E-state index is 12.4. The largest absolute Gasteiger partial charge is 0.355 e. The predicted octanol–water partition coefficient (Wildman–Crippen LogP) is 4.65. The molecule has 0 fully saturated rings. The summed E-state index contributed by atoms with van der Waals surface area (Å²) >= 11 is 2.65. The van der Waals surface area contributed by atoms with Gasteiger partial charge < -0.3 is 4.52 Å². The van der Waals surface area contributed by atoms with Crippen LogP contribution in [0.15, 0.2) is 69.5 Å². The molecular weight excluding hydrogens is 426 g/mol. The molecule has 0 unspecified atom stereocenters. The summed E-state index contributed by atoms with van der Waals surface area (Å²) in [4.78, 5) is 22.6. The molecule has 0 aliphatic rings. The lowest BCUT2D eigenvalue weighted by atomic mass is 10.1. The Kier molecular flexibility index (Phi) is 5.82. The fraction of sp³-hybridized carbons (Fsp3) is 0.0526. The van der Waals surface area contributed by atoms with Gasteiger partial charge in [-0.15, -0.1) is 10.2 Å². The van der Waals surface area contributed by atoms with Gasteiger partial charge in [-0.1, -0.05) is 70.7 Å². The van der Waals surface area contributed by atoms with E-state index in [4.69, 9.17) is 4.52 Å². The molecule has 150 valence electrons. The smallest absolute Gasteiger partial charge is 0.279 e. The van der Waals surface area contributed by atoms with Gasteiger partial charge in [0.25, 0.3) is 11.6 Å². The van der Waals surface area contributed by atoms with Crippen molar-refractivity contribution in [2.24, 2.45) is 0 Å². The summed E-state index contributed by atoms with van der Waals surface area (Å²) in [7, 11) is 0. The monoisotopic (exact) mass is 439 g/mol. The zero-order valence-electron chi connectivity index (χ0n) is 15.2. The first-order chi connectivity index (χ1) is 14.6. The van der Waals surface area contributed by atoms with Crippen LogP contribution in [0.1, 0.15) is 16.1 Å². The predicted molar refractivity (Wildman–Crippen MR) is 112 cm³/mol. The maximum Gasteiger partial charge on any atom is 0.279 e. The molecule has 2 aromatic heterocycles. The summed E-state index contributed by atoms with van der Waals surface area (Å²) < 4.78 is 5.90. The van der Waals surface area contributed by atoms with Crippen LogP contribution in [0.3, 0.4) is 0 Å². The van der Waals surface area contributed by atoms with Gasteiger partial charge in [-0.05, 0) is 5.56 Å². The number of nitrogens with one attached hydrogen (secondary N) is 1. The van der Waals surface area contributed by atoms with E-state index in [1.165, 1.54) is 35.2 Å². The molecule has 1 N–H and O–H groups in total. The number of hydrogen-bond acceptors (Lipinski definition) is 9. The normalized spacial score (nSPS) is 10.7. The molecule has 2 aromatic carbocycles. The minimum Gasteiger partial charge on any atom is -0.355 e. The van der Waals surface area contributed by atoms with Crippen LogP contribution in [0.2, 0.25) is 0 Å². The van der Waals surface area contributed by atoms with E-state index in [1.54, 1.807) is 18.2 Å². The van der Waals surface area contributed by atoms with Gasteiger partial charge in [0.05, 0.1) is 4.92 Å². The number of aromatic nitrogens is 3. The van der Waals surface area contributed by atoms with Gasteiger partial charge in [0.2, 0.25) is 5.13 Å². The van der Waals surface area contributed by atoms with Crippen molar-refractivity contribution in [3.63, 3.8) is 0 Å². The molecule has 0 aliphatic heterocycles. The summed E-state index contributed by atoms with van der Waals surface area (Å²) in [5, 5.41) is 25.5. The second-order valence-electron chi connectivity index (χ2n) is 5.98. The van der Waals surface area contributed by atoms with Gasteiger partial charge in [-0.2, -0.15) is 0 Å². The second kappa shape index (κ2) is 8.84. The number of nitrogens with zero attached hydrogens (tertiary/aromatic N) is 4. The van der Waals surface area contributed by atoms with Crippen LogP contribution >= 0.6 is 23.1 Å². The zero-order valence-corrected chi connectivity index (χ0v) is 16.9. The highest BCUT2D eigenvalue weighted by Gasteiger charge is 2.16. The Balaban J connectivity index is 1.34. The van der Waals surface area contributed by atoms with Gasteiger partial charge in [-0.3, -0.25) is 20.2 Å². The van der Waals surface area contributed by atoms with Crippen molar-refractivity contribution in [3.8, 4) is 11.3 Å². The molecule has 0 spiro atoms. The molecular formula is C19H13N5O4S2. The standard InChI is InChI=1S/C19H13N5O4S2/c25-17(15-10-16(28-23-15)13-4-2-1-3-5-13)20-18-21-22-19(30-18)29-11-12-6-8-14(9-7-12)24(26)27/h1-10H,11H2,(H,20,21,25). The van der Waals surface area contributed by atoms with E-state index in [9.17, 15) is 14.9 Å². The first-order valence-electron chi connectivity index (χ1n) is 8.61. The van der Waals surface area contributed by atoms with Crippen LogP contribution in [0, 0.1) is 10.1 Å². The van der Waals surface area contributed by atoms with Crippen molar-refractivity contribution in [1.82, 2.24) is 15.4 Å². The molecule has 0 atom stereocenters. The van der Waals surface area contributed by atoms with E-state index in [0.29, 0.717) is 21.0 Å². The molecule has 0 radical (unpaired) electrons. The fourth-order valence-corrected chi connectivity index (χ4v) is 4.16. The molecule has 2 heterocycles. The van der Waals surface area contributed by atoms with Crippen molar-refractivity contribution < 1.29 is 14.2 Å². The number of amides is 1. The minimum absolute atomic E-state index is 0.0490. The van der Waals surface area contributed by atoms with Crippen LogP contribution in [0.5, 0.6) is 0 Å². The fourth-order valence-electron chi connectivity index (χ4n) is 2.46. The average Bonchev–Trinajstić information content (AvgIpc) is 3.43. The van der Waals surface area contributed by atoms with Crippen LogP contribution in [0.4, 0.5) is 10.8 Å². The quantitative estimate of drug-likeness (QED) is 0.191. The minimum atomic E-state index is -0.441. The Bertz CT molecular complexity index is 1180. The SMILES string of the molecule is O=C(Nc1nnc(SCc2ccc([N+](=O)[O-])cc2)s1)c1cc(-c2ccccc2)on1. The lowest BCUT2D eigenvalue weighted by Crippen LogP contribution is -2.11. The summed E-state index contributed by atoms with van der Waals surface area (Å²) in [6.07, 6.45) is 0. The van der Waals surface area contributed by atoms with Crippen molar-refractivity contribution in [3.05, 3.63) is 82.0 Å². The number of anilines is 1. The Morgan fingerprint density at radius 2 is 1.90 bits per heavy atom. The van der Waals surface area contributed by atoms with Crippen LogP contribution < -0.4 is 5.32 Å². The van der Waals surface area contributed by atoms with E-state index >= 15 is 0 Å². The summed E-state index contributed by atoms with van der Waals surface area (Å²) in [5.41, 5.74) is 1.93. The third-order valence-electron chi connectivity index (χ3n) is 3.94. The first kappa shape index (κ1) is 19.7. The maximum absolute atomic E-state index is 12.4. The van der Waals surface area contributed by atoms with Crippen LogP contribution in [-0.4, -0.2) is 26.2 Å². The van der Waals surface area contributed by atoms with E-state index in [2.05, 4.69) is 20.7 Å². The highest BCUT2D eigenvalue weighted by atomic mass is 32.2. The zero-order chi connectivity index (χ0) is 20.9. The number of nitro groups is 1. The number of benzene rings is 2. The molecule has 9 nitrogen and oxygen atoms in total. The summed E-state index contributed by atoms with van der Waals surface area (Å²) in [6.45, 7) is 0. The van der Waals surface area contributed by atoms with E-state index < -0.39 is 10.8 Å². The number of carbonyl (C=O) groups is 1. The van der Waals surface area contributed by atoms with E-state index in [-0.39, 0.29) is 11.4 Å². The topological polar surface area (TPSA) is 124 Å². The molecule has 0 saturated heterocycles. The molecule has 0 bridgehead atoms.